The molecule has 106 valence electrons. The summed E-state index contributed by atoms with van der Waals surface area (Å²) in [6.45, 7) is 1.96. The van der Waals surface area contributed by atoms with E-state index in [9.17, 15) is 0 Å². The van der Waals surface area contributed by atoms with E-state index in [1.807, 2.05) is 67.6 Å². The van der Waals surface area contributed by atoms with E-state index in [0.717, 1.165) is 32.9 Å². The van der Waals surface area contributed by atoms with Crippen LogP contribution in [0.15, 0.2) is 60.7 Å². The standard InChI is InChI=1S/C18H16ClNO/c1-12(20)13-6-8-14(9-7-13)21-18-11-10-17(19)15-4-2-3-5-16(15)18/h2-12H,20H2,1H3. The molecule has 3 heteroatoms. The van der Waals surface area contributed by atoms with Gasteiger partial charge in [0, 0.05) is 21.8 Å². The van der Waals surface area contributed by atoms with Gasteiger partial charge in [-0.05, 0) is 36.8 Å². The van der Waals surface area contributed by atoms with Crippen molar-refractivity contribution >= 4 is 22.4 Å². The van der Waals surface area contributed by atoms with E-state index in [2.05, 4.69) is 0 Å². The summed E-state index contributed by atoms with van der Waals surface area (Å²) in [5.41, 5.74) is 6.94. The number of ether oxygens (including phenoxy) is 1. The Morgan fingerprint density at radius 1 is 0.905 bits per heavy atom. The SMILES string of the molecule is CC(N)c1ccc(Oc2ccc(Cl)c3ccccc23)cc1. The number of hydrogen-bond acceptors (Lipinski definition) is 2. The van der Waals surface area contributed by atoms with E-state index in [1.54, 1.807) is 0 Å². The fraction of sp³-hybridized carbons (Fsp3) is 0.111. The molecule has 0 bridgehead atoms. The molecule has 0 saturated heterocycles. The van der Waals surface area contributed by atoms with E-state index in [4.69, 9.17) is 22.1 Å². The summed E-state index contributed by atoms with van der Waals surface area (Å²) >= 11 is 6.22. The molecule has 0 amide bonds. The molecule has 0 aromatic heterocycles. The number of fused-ring (bicyclic) bond motifs is 1. The van der Waals surface area contributed by atoms with Crippen LogP contribution in [0.2, 0.25) is 5.02 Å². The monoisotopic (exact) mass is 297 g/mol. The van der Waals surface area contributed by atoms with Crippen molar-refractivity contribution in [2.24, 2.45) is 5.73 Å². The lowest BCUT2D eigenvalue weighted by atomic mass is 10.1. The van der Waals surface area contributed by atoms with Crippen molar-refractivity contribution in [3.05, 3.63) is 71.2 Å². The zero-order valence-electron chi connectivity index (χ0n) is 11.7. The highest BCUT2D eigenvalue weighted by atomic mass is 35.5. The first-order chi connectivity index (χ1) is 10.1. The molecule has 21 heavy (non-hydrogen) atoms. The van der Waals surface area contributed by atoms with E-state index >= 15 is 0 Å². The molecular formula is C18H16ClNO. The number of hydrogen-bond donors (Lipinski definition) is 1. The van der Waals surface area contributed by atoms with Crippen LogP contribution in [0.1, 0.15) is 18.5 Å². The van der Waals surface area contributed by atoms with Gasteiger partial charge in [0.2, 0.25) is 0 Å². The van der Waals surface area contributed by atoms with Crippen molar-refractivity contribution in [2.45, 2.75) is 13.0 Å². The highest BCUT2D eigenvalue weighted by Crippen LogP contribution is 2.34. The lowest BCUT2D eigenvalue weighted by Crippen LogP contribution is -2.04. The van der Waals surface area contributed by atoms with Crippen LogP contribution in [0.4, 0.5) is 0 Å². The quantitative estimate of drug-likeness (QED) is 0.711. The van der Waals surface area contributed by atoms with E-state index < -0.39 is 0 Å². The number of benzene rings is 3. The Morgan fingerprint density at radius 3 is 2.24 bits per heavy atom. The van der Waals surface area contributed by atoms with Gasteiger partial charge >= 0.3 is 0 Å². The first-order valence-corrected chi connectivity index (χ1v) is 7.23. The maximum atomic E-state index is 6.22. The number of nitrogens with two attached hydrogens (primary N) is 1. The third kappa shape index (κ3) is 2.87. The van der Waals surface area contributed by atoms with E-state index in [1.165, 1.54) is 0 Å². The molecule has 0 spiro atoms. The van der Waals surface area contributed by atoms with Gasteiger partial charge in [-0.3, -0.25) is 0 Å². The minimum Gasteiger partial charge on any atom is -0.457 e. The van der Waals surface area contributed by atoms with Gasteiger partial charge in [-0.1, -0.05) is 48.0 Å². The van der Waals surface area contributed by atoms with Crippen LogP contribution in [0.25, 0.3) is 10.8 Å². The summed E-state index contributed by atoms with van der Waals surface area (Å²) in [7, 11) is 0. The highest BCUT2D eigenvalue weighted by Gasteiger charge is 2.07. The van der Waals surface area contributed by atoms with Crippen molar-refractivity contribution in [2.75, 3.05) is 0 Å². The molecule has 3 aromatic rings. The van der Waals surface area contributed by atoms with Crippen LogP contribution in [-0.4, -0.2) is 0 Å². The molecular weight excluding hydrogens is 282 g/mol. The maximum Gasteiger partial charge on any atom is 0.135 e. The van der Waals surface area contributed by atoms with Crippen LogP contribution in [0.5, 0.6) is 11.5 Å². The zero-order valence-corrected chi connectivity index (χ0v) is 12.5. The maximum absolute atomic E-state index is 6.22. The molecule has 3 aromatic carbocycles. The van der Waals surface area contributed by atoms with Crippen molar-refractivity contribution in [3.8, 4) is 11.5 Å². The van der Waals surface area contributed by atoms with Crippen LogP contribution < -0.4 is 10.5 Å². The fourth-order valence-electron chi connectivity index (χ4n) is 2.29. The molecule has 2 N–H and O–H groups in total. The van der Waals surface area contributed by atoms with Crippen LogP contribution in [0.3, 0.4) is 0 Å². The Bertz CT molecular complexity index is 766. The Labute approximate surface area is 129 Å². The average molecular weight is 298 g/mol. The molecule has 0 aliphatic carbocycles. The van der Waals surface area contributed by atoms with Crippen molar-refractivity contribution in [1.82, 2.24) is 0 Å². The Hall–Kier alpha value is -2.03. The summed E-state index contributed by atoms with van der Waals surface area (Å²) in [6.07, 6.45) is 0. The summed E-state index contributed by atoms with van der Waals surface area (Å²) in [6, 6.07) is 19.5. The van der Waals surface area contributed by atoms with E-state index in [0.29, 0.717) is 0 Å². The summed E-state index contributed by atoms with van der Waals surface area (Å²) in [4.78, 5) is 0. The van der Waals surface area contributed by atoms with Crippen molar-refractivity contribution in [1.29, 1.82) is 0 Å². The van der Waals surface area contributed by atoms with Gasteiger partial charge in [0.15, 0.2) is 0 Å². The Balaban J connectivity index is 1.96. The summed E-state index contributed by atoms with van der Waals surface area (Å²) < 4.78 is 5.98. The topological polar surface area (TPSA) is 35.2 Å². The molecule has 0 heterocycles. The molecule has 0 aliphatic heterocycles. The normalized spacial score (nSPS) is 12.3. The zero-order chi connectivity index (χ0) is 14.8. The molecule has 3 rings (SSSR count). The van der Waals surface area contributed by atoms with Crippen molar-refractivity contribution < 1.29 is 4.74 Å². The minimum absolute atomic E-state index is 0.0235. The van der Waals surface area contributed by atoms with Gasteiger partial charge in [-0.25, -0.2) is 0 Å². The second kappa shape index (κ2) is 5.76. The Morgan fingerprint density at radius 2 is 1.57 bits per heavy atom. The second-order valence-electron chi connectivity index (χ2n) is 5.05. The molecule has 2 nitrogen and oxygen atoms in total. The van der Waals surface area contributed by atoms with Gasteiger partial charge in [0.25, 0.3) is 0 Å². The predicted octanol–water partition coefficient (Wildman–Crippen LogP) is 5.31. The molecule has 0 radical (unpaired) electrons. The average Bonchev–Trinajstić information content (AvgIpc) is 2.51. The van der Waals surface area contributed by atoms with Gasteiger partial charge in [-0.2, -0.15) is 0 Å². The highest BCUT2D eigenvalue weighted by molar-refractivity contribution is 6.35. The first kappa shape index (κ1) is 13.9. The van der Waals surface area contributed by atoms with Gasteiger partial charge < -0.3 is 10.5 Å². The molecule has 1 atom stereocenters. The Kier molecular flexibility index (Phi) is 3.82. The van der Waals surface area contributed by atoms with Crippen LogP contribution in [-0.2, 0) is 0 Å². The van der Waals surface area contributed by atoms with Gasteiger partial charge in [0.1, 0.15) is 11.5 Å². The van der Waals surface area contributed by atoms with Crippen LogP contribution in [0, 0.1) is 0 Å². The fourth-order valence-corrected chi connectivity index (χ4v) is 2.52. The minimum atomic E-state index is 0.0235. The van der Waals surface area contributed by atoms with Gasteiger partial charge in [-0.15, -0.1) is 0 Å². The summed E-state index contributed by atoms with van der Waals surface area (Å²) in [5, 5.41) is 2.72. The number of halogens is 1. The van der Waals surface area contributed by atoms with Gasteiger partial charge in [0.05, 0.1) is 0 Å². The number of rotatable bonds is 3. The van der Waals surface area contributed by atoms with Crippen molar-refractivity contribution in [3.63, 3.8) is 0 Å². The molecule has 0 fully saturated rings. The lowest BCUT2D eigenvalue weighted by Gasteiger charge is -2.11. The molecule has 0 aliphatic rings. The second-order valence-corrected chi connectivity index (χ2v) is 5.46. The largest absolute Gasteiger partial charge is 0.457 e. The van der Waals surface area contributed by atoms with Crippen LogP contribution >= 0.6 is 11.6 Å². The summed E-state index contributed by atoms with van der Waals surface area (Å²) in [5.74, 6) is 1.58. The molecule has 1 unspecified atom stereocenters. The van der Waals surface area contributed by atoms with E-state index in [-0.39, 0.29) is 6.04 Å². The smallest absolute Gasteiger partial charge is 0.135 e. The lowest BCUT2D eigenvalue weighted by molar-refractivity contribution is 0.488. The third-order valence-electron chi connectivity index (χ3n) is 3.46. The third-order valence-corrected chi connectivity index (χ3v) is 3.79. The first-order valence-electron chi connectivity index (χ1n) is 6.86. The molecule has 0 saturated carbocycles. The predicted molar refractivity (Wildman–Crippen MR) is 88.1 cm³/mol.